The SMILES string of the molecule is CC(C)NC(=O)OC1CCC(c2cc(NC(=O)c3cc(C(C)C)nn3C)n[nH]2)C1. The lowest BCUT2D eigenvalue weighted by Gasteiger charge is -2.14. The lowest BCUT2D eigenvalue weighted by atomic mass is 10.0. The van der Waals surface area contributed by atoms with Gasteiger partial charge in [0.25, 0.3) is 5.91 Å². The van der Waals surface area contributed by atoms with E-state index < -0.39 is 0 Å². The molecule has 1 aliphatic carbocycles. The van der Waals surface area contributed by atoms with Gasteiger partial charge in [0.2, 0.25) is 0 Å². The van der Waals surface area contributed by atoms with Crippen molar-refractivity contribution < 1.29 is 14.3 Å². The number of aryl methyl sites for hydroxylation is 1. The van der Waals surface area contributed by atoms with Crippen LogP contribution in [-0.2, 0) is 11.8 Å². The first-order valence-corrected chi connectivity index (χ1v) is 10.1. The van der Waals surface area contributed by atoms with Crippen LogP contribution in [0.3, 0.4) is 0 Å². The van der Waals surface area contributed by atoms with Crippen LogP contribution >= 0.6 is 0 Å². The molecule has 1 saturated carbocycles. The summed E-state index contributed by atoms with van der Waals surface area (Å²) in [7, 11) is 1.75. The maximum atomic E-state index is 12.6. The Morgan fingerprint density at radius 1 is 1.24 bits per heavy atom. The van der Waals surface area contributed by atoms with Gasteiger partial charge in [0.05, 0.1) is 5.69 Å². The summed E-state index contributed by atoms with van der Waals surface area (Å²) in [6.45, 7) is 7.87. The van der Waals surface area contributed by atoms with Crippen LogP contribution in [0.5, 0.6) is 0 Å². The van der Waals surface area contributed by atoms with E-state index in [1.54, 1.807) is 17.8 Å². The highest BCUT2D eigenvalue weighted by Gasteiger charge is 2.30. The Hall–Kier alpha value is -2.84. The van der Waals surface area contributed by atoms with Gasteiger partial charge in [-0.3, -0.25) is 14.6 Å². The summed E-state index contributed by atoms with van der Waals surface area (Å²) in [5.74, 6) is 0.691. The van der Waals surface area contributed by atoms with Crippen LogP contribution < -0.4 is 10.6 Å². The van der Waals surface area contributed by atoms with Crippen molar-refractivity contribution in [2.75, 3.05) is 5.32 Å². The summed E-state index contributed by atoms with van der Waals surface area (Å²) < 4.78 is 7.06. The smallest absolute Gasteiger partial charge is 0.407 e. The van der Waals surface area contributed by atoms with Crippen LogP contribution in [-0.4, -0.2) is 44.1 Å². The van der Waals surface area contributed by atoms with Crippen molar-refractivity contribution in [1.29, 1.82) is 0 Å². The molecule has 9 nitrogen and oxygen atoms in total. The molecule has 0 saturated heterocycles. The number of nitrogens with one attached hydrogen (secondary N) is 3. The number of anilines is 1. The number of hydrogen-bond donors (Lipinski definition) is 3. The topological polar surface area (TPSA) is 114 Å². The van der Waals surface area contributed by atoms with E-state index in [0.29, 0.717) is 11.5 Å². The Kier molecular flexibility index (Phi) is 6.24. The fraction of sp³-hybridized carbons (Fsp3) is 0.600. The van der Waals surface area contributed by atoms with E-state index in [-0.39, 0.29) is 36.0 Å². The number of ether oxygens (including phenoxy) is 1. The number of rotatable bonds is 6. The standard InChI is InChI=1S/C20H30N6O3/c1-11(2)15-9-17(26(5)25-15)19(27)22-18-10-16(23-24-18)13-6-7-14(8-13)29-20(28)21-12(3)4/h9-14H,6-8H2,1-5H3,(H,21,28)(H2,22,23,24,27). The van der Waals surface area contributed by atoms with E-state index in [1.807, 2.05) is 33.8 Å². The number of carbonyl (C=O) groups excluding carboxylic acids is 2. The molecule has 158 valence electrons. The molecule has 0 aromatic carbocycles. The quantitative estimate of drug-likeness (QED) is 0.686. The first kappa shape index (κ1) is 20.9. The molecule has 9 heteroatoms. The second-order valence-electron chi connectivity index (χ2n) is 8.23. The first-order chi connectivity index (χ1) is 13.7. The van der Waals surface area contributed by atoms with Gasteiger partial charge in [-0.05, 0) is 45.1 Å². The molecular formula is C20H30N6O3. The number of aromatic nitrogens is 4. The molecule has 2 amide bonds. The second kappa shape index (κ2) is 8.67. The van der Waals surface area contributed by atoms with Crippen LogP contribution in [0.1, 0.15) is 80.7 Å². The Bertz CT molecular complexity index is 869. The molecule has 1 aliphatic rings. The molecule has 29 heavy (non-hydrogen) atoms. The molecule has 2 aromatic heterocycles. The molecular weight excluding hydrogens is 372 g/mol. The third-order valence-electron chi connectivity index (χ3n) is 5.07. The predicted octanol–water partition coefficient (Wildman–Crippen LogP) is 3.29. The first-order valence-electron chi connectivity index (χ1n) is 10.1. The summed E-state index contributed by atoms with van der Waals surface area (Å²) in [5.41, 5.74) is 2.30. The maximum Gasteiger partial charge on any atom is 0.407 e. The van der Waals surface area contributed by atoms with Crippen molar-refractivity contribution in [3.05, 3.63) is 29.2 Å². The molecule has 1 fully saturated rings. The predicted molar refractivity (Wildman–Crippen MR) is 109 cm³/mol. The highest BCUT2D eigenvalue weighted by Crippen LogP contribution is 2.35. The highest BCUT2D eigenvalue weighted by molar-refractivity contribution is 6.02. The van der Waals surface area contributed by atoms with Gasteiger partial charge in [-0.2, -0.15) is 10.2 Å². The molecule has 2 unspecified atom stereocenters. The van der Waals surface area contributed by atoms with Gasteiger partial charge in [-0.25, -0.2) is 4.79 Å². The minimum atomic E-state index is -0.375. The Balaban J connectivity index is 1.57. The van der Waals surface area contributed by atoms with E-state index >= 15 is 0 Å². The summed E-state index contributed by atoms with van der Waals surface area (Å²) in [6.07, 6.45) is 1.96. The van der Waals surface area contributed by atoms with Gasteiger partial charge in [0.1, 0.15) is 11.8 Å². The molecule has 2 heterocycles. The number of amides is 2. The van der Waals surface area contributed by atoms with Gasteiger partial charge in [0.15, 0.2) is 5.82 Å². The van der Waals surface area contributed by atoms with Gasteiger partial charge < -0.3 is 15.4 Å². The van der Waals surface area contributed by atoms with Crippen molar-refractivity contribution in [3.8, 4) is 0 Å². The van der Waals surface area contributed by atoms with Crippen LogP contribution in [0.4, 0.5) is 10.6 Å². The van der Waals surface area contributed by atoms with E-state index in [4.69, 9.17) is 4.74 Å². The molecule has 3 N–H and O–H groups in total. The summed E-state index contributed by atoms with van der Waals surface area (Å²) >= 11 is 0. The zero-order valence-electron chi connectivity index (χ0n) is 17.7. The van der Waals surface area contributed by atoms with E-state index in [0.717, 1.165) is 30.7 Å². The van der Waals surface area contributed by atoms with Crippen molar-refractivity contribution in [3.63, 3.8) is 0 Å². The minimum Gasteiger partial charge on any atom is -0.446 e. The van der Waals surface area contributed by atoms with Crippen LogP contribution in [0.2, 0.25) is 0 Å². The number of aromatic amines is 1. The van der Waals surface area contributed by atoms with Crippen LogP contribution in [0.15, 0.2) is 12.1 Å². The third-order valence-corrected chi connectivity index (χ3v) is 5.07. The lowest BCUT2D eigenvalue weighted by Crippen LogP contribution is -2.33. The Morgan fingerprint density at radius 2 is 2.00 bits per heavy atom. The molecule has 0 spiro atoms. The summed E-state index contributed by atoms with van der Waals surface area (Å²) in [6, 6.07) is 3.70. The van der Waals surface area contributed by atoms with Crippen molar-refractivity contribution in [2.45, 2.75) is 70.9 Å². The van der Waals surface area contributed by atoms with Crippen molar-refractivity contribution in [2.24, 2.45) is 7.05 Å². The van der Waals surface area contributed by atoms with Gasteiger partial charge in [-0.1, -0.05) is 13.8 Å². The lowest BCUT2D eigenvalue weighted by molar-refractivity contribution is 0.0979. The molecule has 2 aromatic rings. The molecule has 0 radical (unpaired) electrons. The van der Waals surface area contributed by atoms with Crippen molar-refractivity contribution >= 4 is 17.8 Å². The Labute approximate surface area is 170 Å². The normalized spacial score (nSPS) is 19.0. The molecule has 0 bridgehead atoms. The van der Waals surface area contributed by atoms with E-state index in [2.05, 4.69) is 25.9 Å². The van der Waals surface area contributed by atoms with Crippen molar-refractivity contribution in [1.82, 2.24) is 25.3 Å². The minimum absolute atomic E-state index is 0.0505. The van der Waals surface area contributed by atoms with Crippen LogP contribution in [0, 0.1) is 0 Å². The largest absolute Gasteiger partial charge is 0.446 e. The zero-order chi connectivity index (χ0) is 21.1. The highest BCUT2D eigenvalue weighted by atomic mass is 16.6. The molecule has 2 atom stereocenters. The summed E-state index contributed by atoms with van der Waals surface area (Å²) in [5, 5.41) is 17.2. The summed E-state index contributed by atoms with van der Waals surface area (Å²) in [4.78, 5) is 24.3. The number of carbonyl (C=O) groups is 2. The molecule has 0 aliphatic heterocycles. The molecule has 3 rings (SSSR count). The fourth-order valence-corrected chi connectivity index (χ4v) is 3.52. The average Bonchev–Trinajstić information content (AvgIpc) is 3.33. The number of nitrogens with zero attached hydrogens (tertiary/aromatic N) is 3. The number of hydrogen-bond acceptors (Lipinski definition) is 5. The van der Waals surface area contributed by atoms with Gasteiger partial charge in [-0.15, -0.1) is 0 Å². The number of alkyl carbamates (subject to hydrolysis) is 1. The maximum absolute atomic E-state index is 12.6. The third kappa shape index (κ3) is 5.16. The fourth-order valence-electron chi connectivity index (χ4n) is 3.52. The Morgan fingerprint density at radius 3 is 2.66 bits per heavy atom. The second-order valence-corrected chi connectivity index (χ2v) is 8.23. The monoisotopic (exact) mass is 402 g/mol. The van der Waals surface area contributed by atoms with E-state index in [1.165, 1.54) is 0 Å². The number of H-pyrrole nitrogens is 1. The van der Waals surface area contributed by atoms with E-state index in [9.17, 15) is 9.59 Å². The van der Waals surface area contributed by atoms with Gasteiger partial charge in [0, 0.05) is 30.8 Å². The average molecular weight is 402 g/mol. The van der Waals surface area contributed by atoms with Gasteiger partial charge >= 0.3 is 6.09 Å². The van der Waals surface area contributed by atoms with Crippen LogP contribution in [0.25, 0.3) is 0 Å². The zero-order valence-corrected chi connectivity index (χ0v) is 17.7.